The molecule has 1 atom stereocenters. The molecule has 0 aliphatic heterocycles. The van der Waals surface area contributed by atoms with Crippen LogP contribution in [0, 0.1) is 0 Å². The largest absolute Gasteiger partial charge is 0.355 e. The summed E-state index contributed by atoms with van der Waals surface area (Å²) in [6.07, 6.45) is 5.44. The van der Waals surface area contributed by atoms with E-state index in [1.165, 1.54) is 5.56 Å². The quantitative estimate of drug-likeness (QED) is 0.837. The normalized spacial score (nSPS) is 12.4. The van der Waals surface area contributed by atoms with Crippen LogP contribution in [0.3, 0.4) is 0 Å². The lowest BCUT2D eigenvalue weighted by Crippen LogP contribution is -2.06. The van der Waals surface area contributed by atoms with Crippen LogP contribution in [0.25, 0.3) is 0 Å². The number of pyridine rings is 1. The third-order valence-electron chi connectivity index (χ3n) is 1.96. The summed E-state index contributed by atoms with van der Waals surface area (Å²) in [7, 11) is 0. The fourth-order valence-electron chi connectivity index (χ4n) is 1.20. The fourth-order valence-corrected chi connectivity index (χ4v) is 1.81. The Kier molecular flexibility index (Phi) is 2.74. The van der Waals surface area contributed by atoms with Crippen LogP contribution in [-0.4, -0.2) is 9.97 Å². The maximum Gasteiger partial charge on any atom is 0.183 e. The lowest BCUT2D eigenvalue weighted by Gasteiger charge is -2.12. The number of hydrogen-bond acceptors (Lipinski definition) is 4. The summed E-state index contributed by atoms with van der Waals surface area (Å²) in [5.74, 6) is 0. The first kappa shape index (κ1) is 9.15. The van der Waals surface area contributed by atoms with E-state index >= 15 is 0 Å². The molecule has 2 aromatic heterocycles. The van der Waals surface area contributed by atoms with Crippen molar-refractivity contribution in [3.8, 4) is 0 Å². The highest BCUT2D eigenvalue weighted by Crippen LogP contribution is 2.19. The van der Waals surface area contributed by atoms with Crippen LogP contribution >= 0.6 is 11.3 Å². The fraction of sp³-hybridized carbons (Fsp3) is 0.200. The number of hydrogen-bond donors (Lipinski definition) is 1. The molecule has 2 heterocycles. The van der Waals surface area contributed by atoms with E-state index < -0.39 is 0 Å². The van der Waals surface area contributed by atoms with Crippen LogP contribution in [0.15, 0.2) is 36.1 Å². The van der Waals surface area contributed by atoms with Gasteiger partial charge < -0.3 is 5.32 Å². The van der Waals surface area contributed by atoms with E-state index in [0.717, 1.165) is 5.13 Å². The van der Waals surface area contributed by atoms with Crippen molar-refractivity contribution in [2.24, 2.45) is 0 Å². The molecule has 1 unspecified atom stereocenters. The highest BCUT2D eigenvalue weighted by atomic mass is 32.1. The zero-order valence-corrected chi connectivity index (χ0v) is 8.66. The molecule has 0 aliphatic carbocycles. The molecule has 72 valence electrons. The molecule has 0 spiro atoms. The van der Waals surface area contributed by atoms with E-state index in [9.17, 15) is 0 Å². The first-order valence-electron chi connectivity index (χ1n) is 4.42. The van der Waals surface area contributed by atoms with Gasteiger partial charge in [0.2, 0.25) is 0 Å². The van der Waals surface area contributed by atoms with Gasteiger partial charge >= 0.3 is 0 Å². The highest BCUT2D eigenvalue weighted by molar-refractivity contribution is 7.13. The Bertz CT molecular complexity index is 372. The number of anilines is 1. The average molecular weight is 205 g/mol. The number of nitrogens with zero attached hydrogens (tertiary/aromatic N) is 2. The molecule has 0 amide bonds. The summed E-state index contributed by atoms with van der Waals surface area (Å²) in [6.45, 7) is 2.10. The zero-order valence-electron chi connectivity index (χ0n) is 7.84. The van der Waals surface area contributed by atoms with E-state index in [1.54, 1.807) is 23.7 Å². The highest BCUT2D eigenvalue weighted by Gasteiger charge is 2.05. The Labute approximate surface area is 86.8 Å². The third-order valence-corrected chi connectivity index (χ3v) is 2.66. The van der Waals surface area contributed by atoms with Crippen molar-refractivity contribution in [1.82, 2.24) is 9.97 Å². The van der Waals surface area contributed by atoms with Crippen molar-refractivity contribution in [3.05, 3.63) is 41.7 Å². The third kappa shape index (κ3) is 2.09. The summed E-state index contributed by atoms with van der Waals surface area (Å²) in [5, 5.41) is 6.21. The maximum atomic E-state index is 4.17. The molecular weight excluding hydrogens is 194 g/mol. The van der Waals surface area contributed by atoms with Gasteiger partial charge in [-0.25, -0.2) is 4.98 Å². The SMILES string of the molecule is CC(Nc1nccs1)c1cccnc1. The van der Waals surface area contributed by atoms with E-state index in [1.807, 2.05) is 17.6 Å². The molecule has 0 fully saturated rings. The molecule has 0 saturated carbocycles. The van der Waals surface area contributed by atoms with Crippen LogP contribution in [0.1, 0.15) is 18.5 Å². The molecule has 0 bridgehead atoms. The van der Waals surface area contributed by atoms with E-state index in [2.05, 4.69) is 28.3 Å². The molecule has 0 aliphatic rings. The minimum Gasteiger partial charge on any atom is -0.355 e. The van der Waals surface area contributed by atoms with Crippen molar-refractivity contribution < 1.29 is 0 Å². The van der Waals surface area contributed by atoms with E-state index in [0.29, 0.717) is 0 Å². The molecule has 0 radical (unpaired) electrons. The molecule has 3 nitrogen and oxygen atoms in total. The molecule has 4 heteroatoms. The van der Waals surface area contributed by atoms with Gasteiger partial charge in [-0.2, -0.15) is 0 Å². The van der Waals surface area contributed by atoms with Crippen LogP contribution in [0.5, 0.6) is 0 Å². The van der Waals surface area contributed by atoms with Crippen molar-refractivity contribution >= 4 is 16.5 Å². The Morgan fingerprint density at radius 2 is 2.36 bits per heavy atom. The Hall–Kier alpha value is -1.42. The average Bonchev–Trinajstić information content (AvgIpc) is 2.72. The van der Waals surface area contributed by atoms with E-state index in [-0.39, 0.29) is 6.04 Å². The Balaban J connectivity index is 2.07. The van der Waals surface area contributed by atoms with Gasteiger partial charge in [-0.1, -0.05) is 6.07 Å². The summed E-state index contributed by atoms with van der Waals surface area (Å²) in [4.78, 5) is 8.25. The number of nitrogens with one attached hydrogen (secondary N) is 1. The summed E-state index contributed by atoms with van der Waals surface area (Å²) >= 11 is 1.60. The predicted octanol–water partition coefficient (Wildman–Crippen LogP) is 2.71. The number of aromatic nitrogens is 2. The lowest BCUT2D eigenvalue weighted by atomic mass is 10.1. The van der Waals surface area contributed by atoms with Gasteiger partial charge in [0, 0.05) is 24.0 Å². The zero-order chi connectivity index (χ0) is 9.80. The van der Waals surface area contributed by atoms with Gasteiger partial charge in [0.05, 0.1) is 6.04 Å². The van der Waals surface area contributed by atoms with Gasteiger partial charge in [-0.3, -0.25) is 4.98 Å². The monoisotopic (exact) mass is 205 g/mol. The Morgan fingerprint density at radius 3 is 3.00 bits per heavy atom. The molecule has 2 aromatic rings. The topological polar surface area (TPSA) is 37.8 Å². The lowest BCUT2D eigenvalue weighted by molar-refractivity contribution is 0.873. The Morgan fingerprint density at radius 1 is 1.43 bits per heavy atom. The first-order chi connectivity index (χ1) is 6.86. The van der Waals surface area contributed by atoms with Crippen LogP contribution in [0.2, 0.25) is 0 Å². The van der Waals surface area contributed by atoms with Crippen molar-refractivity contribution in [1.29, 1.82) is 0 Å². The number of rotatable bonds is 3. The molecule has 2 rings (SSSR count). The van der Waals surface area contributed by atoms with Crippen molar-refractivity contribution in [3.63, 3.8) is 0 Å². The molecular formula is C10H11N3S. The molecule has 1 N–H and O–H groups in total. The summed E-state index contributed by atoms with van der Waals surface area (Å²) in [5.41, 5.74) is 1.17. The second-order valence-electron chi connectivity index (χ2n) is 2.99. The summed E-state index contributed by atoms with van der Waals surface area (Å²) in [6, 6.07) is 4.24. The predicted molar refractivity (Wildman–Crippen MR) is 58.4 cm³/mol. The van der Waals surface area contributed by atoms with E-state index in [4.69, 9.17) is 0 Å². The molecule has 0 aromatic carbocycles. The van der Waals surface area contributed by atoms with Gasteiger partial charge in [-0.15, -0.1) is 11.3 Å². The van der Waals surface area contributed by atoms with Crippen LogP contribution < -0.4 is 5.32 Å². The standard InChI is InChI=1S/C10H11N3S/c1-8(9-3-2-4-11-7-9)13-10-12-5-6-14-10/h2-8H,1H3,(H,12,13). The maximum absolute atomic E-state index is 4.17. The molecule has 0 saturated heterocycles. The second kappa shape index (κ2) is 4.19. The minimum absolute atomic E-state index is 0.245. The molecule has 14 heavy (non-hydrogen) atoms. The first-order valence-corrected chi connectivity index (χ1v) is 5.30. The number of thiazole rings is 1. The van der Waals surface area contributed by atoms with Gasteiger partial charge in [0.25, 0.3) is 0 Å². The second-order valence-corrected chi connectivity index (χ2v) is 3.88. The van der Waals surface area contributed by atoms with Gasteiger partial charge in [0.15, 0.2) is 5.13 Å². The van der Waals surface area contributed by atoms with Crippen LogP contribution in [-0.2, 0) is 0 Å². The van der Waals surface area contributed by atoms with Crippen molar-refractivity contribution in [2.75, 3.05) is 5.32 Å². The van der Waals surface area contributed by atoms with Crippen LogP contribution in [0.4, 0.5) is 5.13 Å². The smallest absolute Gasteiger partial charge is 0.183 e. The van der Waals surface area contributed by atoms with Gasteiger partial charge in [-0.05, 0) is 18.6 Å². The minimum atomic E-state index is 0.245. The summed E-state index contributed by atoms with van der Waals surface area (Å²) < 4.78 is 0. The van der Waals surface area contributed by atoms with Crippen molar-refractivity contribution in [2.45, 2.75) is 13.0 Å². The van der Waals surface area contributed by atoms with Gasteiger partial charge in [0.1, 0.15) is 0 Å².